The van der Waals surface area contributed by atoms with Crippen LogP contribution in [0.5, 0.6) is 0 Å². The normalized spacial score (nSPS) is 12.6. The van der Waals surface area contributed by atoms with E-state index >= 15 is 0 Å². The average molecular weight is 149 g/mol. The second-order valence-electron chi connectivity index (χ2n) is 2.50. The van der Waals surface area contributed by atoms with Crippen molar-refractivity contribution >= 4 is 6.21 Å². The van der Waals surface area contributed by atoms with Gasteiger partial charge in [0.1, 0.15) is 0 Å². The number of allylic oxidation sites excluding steroid dienone is 4. The Morgan fingerprint density at radius 2 is 2.00 bits per heavy atom. The molecule has 0 saturated carbocycles. The molecule has 0 aromatic rings. The summed E-state index contributed by atoms with van der Waals surface area (Å²) in [5, 5.41) is 0. The predicted octanol–water partition coefficient (Wildman–Crippen LogP) is 2.97. The van der Waals surface area contributed by atoms with E-state index in [1.807, 2.05) is 6.08 Å². The molecule has 0 heterocycles. The molecule has 0 fully saturated rings. The second-order valence-corrected chi connectivity index (χ2v) is 2.50. The van der Waals surface area contributed by atoms with Gasteiger partial charge in [0.2, 0.25) is 0 Å². The molecule has 0 unspecified atom stereocenters. The van der Waals surface area contributed by atoms with E-state index in [0.717, 1.165) is 0 Å². The lowest BCUT2D eigenvalue weighted by atomic mass is 10.2. The average Bonchev–Trinajstić information content (AvgIpc) is 1.96. The van der Waals surface area contributed by atoms with Crippen LogP contribution in [0.25, 0.3) is 0 Å². The molecular formula is C10H15N. The van der Waals surface area contributed by atoms with Crippen molar-refractivity contribution < 1.29 is 0 Å². The highest BCUT2D eigenvalue weighted by atomic mass is 14.6. The van der Waals surface area contributed by atoms with Crippen molar-refractivity contribution in [2.75, 3.05) is 0 Å². The van der Waals surface area contributed by atoms with Crippen molar-refractivity contribution in [1.82, 2.24) is 0 Å². The van der Waals surface area contributed by atoms with Crippen LogP contribution in [-0.4, -0.2) is 6.21 Å². The third-order valence-corrected chi connectivity index (χ3v) is 0.976. The van der Waals surface area contributed by atoms with Crippen LogP contribution in [0.1, 0.15) is 13.8 Å². The minimum atomic E-state index is 0.588. The molecule has 0 aliphatic carbocycles. The molecule has 0 aliphatic rings. The molecule has 0 atom stereocenters. The summed E-state index contributed by atoms with van der Waals surface area (Å²) in [7, 11) is 0. The quantitative estimate of drug-likeness (QED) is 0.430. The van der Waals surface area contributed by atoms with Gasteiger partial charge in [-0.15, -0.1) is 0 Å². The Balaban J connectivity index is 3.59. The Kier molecular flexibility index (Phi) is 6.30. The SMILES string of the molecule is C=C\C=C/N=C/C=C/C(C)C. The van der Waals surface area contributed by atoms with Crippen molar-refractivity contribution in [3.8, 4) is 0 Å². The van der Waals surface area contributed by atoms with E-state index in [9.17, 15) is 0 Å². The summed E-state index contributed by atoms with van der Waals surface area (Å²) in [5.41, 5.74) is 0. The smallest absolute Gasteiger partial charge is 0.0267 e. The van der Waals surface area contributed by atoms with Crippen LogP contribution < -0.4 is 0 Å². The minimum absolute atomic E-state index is 0.588. The van der Waals surface area contributed by atoms with Gasteiger partial charge in [0.05, 0.1) is 0 Å². The summed E-state index contributed by atoms with van der Waals surface area (Å²) in [6.45, 7) is 7.79. The first-order valence-electron chi connectivity index (χ1n) is 3.75. The lowest BCUT2D eigenvalue weighted by Crippen LogP contribution is -1.76. The van der Waals surface area contributed by atoms with Crippen LogP contribution in [0, 0.1) is 5.92 Å². The van der Waals surface area contributed by atoms with Crippen LogP contribution in [0.15, 0.2) is 42.1 Å². The van der Waals surface area contributed by atoms with Crippen molar-refractivity contribution in [3.63, 3.8) is 0 Å². The molecule has 1 nitrogen and oxygen atoms in total. The van der Waals surface area contributed by atoms with Gasteiger partial charge >= 0.3 is 0 Å². The first-order chi connectivity index (χ1) is 5.27. The summed E-state index contributed by atoms with van der Waals surface area (Å²) in [6.07, 6.45) is 11.0. The van der Waals surface area contributed by atoms with Crippen molar-refractivity contribution in [2.24, 2.45) is 10.9 Å². The summed E-state index contributed by atoms with van der Waals surface area (Å²) in [4.78, 5) is 3.97. The van der Waals surface area contributed by atoms with Crippen molar-refractivity contribution in [2.45, 2.75) is 13.8 Å². The molecular weight excluding hydrogens is 134 g/mol. The number of nitrogens with zero attached hydrogens (tertiary/aromatic N) is 1. The molecule has 0 saturated heterocycles. The largest absolute Gasteiger partial charge is 0.265 e. The lowest BCUT2D eigenvalue weighted by molar-refractivity contribution is 0.833. The molecule has 0 N–H and O–H groups in total. The van der Waals surface area contributed by atoms with Crippen LogP contribution in [0.4, 0.5) is 0 Å². The number of aliphatic imine (C=N–C) groups is 1. The van der Waals surface area contributed by atoms with Gasteiger partial charge in [0.25, 0.3) is 0 Å². The maximum Gasteiger partial charge on any atom is 0.0267 e. The van der Waals surface area contributed by atoms with Crippen LogP contribution in [0.3, 0.4) is 0 Å². The Bertz CT molecular complexity index is 173. The molecule has 0 aromatic carbocycles. The molecule has 0 radical (unpaired) electrons. The molecule has 60 valence electrons. The maximum absolute atomic E-state index is 3.97. The van der Waals surface area contributed by atoms with E-state index in [4.69, 9.17) is 0 Å². The predicted molar refractivity (Wildman–Crippen MR) is 51.8 cm³/mol. The summed E-state index contributed by atoms with van der Waals surface area (Å²) in [6, 6.07) is 0. The fourth-order valence-corrected chi connectivity index (χ4v) is 0.482. The summed E-state index contributed by atoms with van der Waals surface area (Å²) < 4.78 is 0. The fraction of sp³-hybridized carbons (Fsp3) is 0.300. The number of hydrogen-bond donors (Lipinski definition) is 0. The fourth-order valence-electron chi connectivity index (χ4n) is 0.482. The first kappa shape index (κ1) is 9.89. The maximum atomic E-state index is 3.97. The van der Waals surface area contributed by atoms with Gasteiger partial charge in [-0.3, -0.25) is 4.99 Å². The molecule has 0 bridgehead atoms. The molecule has 11 heavy (non-hydrogen) atoms. The Morgan fingerprint density at radius 1 is 1.27 bits per heavy atom. The highest BCUT2D eigenvalue weighted by Crippen LogP contribution is 1.91. The van der Waals surface area contributed by atoms with E-state index in [0.29, 0.717) is 5.92 Å². The van der Waals surface area contributed by atoms with E-state index < -0.39 is 0 Å². The first-order valence-corrected chi connectivity index (χ1v) is 3.75. The zero-order valence-electron chi connectivity index (χ0n) is 7.20. The van der Waals surface area contributed by atoms with E-state index in [-0.39, 0.29) is 0 Å². The zero-order chi connectivity index (χ0) is 8.53. The number of hydrogen-bond acceptors (Lipinski definition) is 1. The third-order valence-electron chi connectivity index (χ3n) is 0.976. The summed E-state index contributed by atoms with van der Waals surface area (Å²) in [5.74, 6) is 0.588. The van der Waals surface area contributed by atoms with E-state index in [1.54, 1.807) is 24.6 Å². The minimum Gasteiger partial charge on any atom is -0.265 e. The van der Waals surface area contributed by atoms with Gasteiger partial charge in [0, 0.05) is 12.4 Å². The zero-order valence-corrected chi connectivity index (χ0v) is 7.20. The Labute approximate surface area is 68.9 Å². The third kappa shape index (κ3) is 8.89. The van der Waals surface area contributed by atoms with Crippen LogP contribution in [0.2, 0.25) is 0 Å². The van der Waals surface area contributed by atoms with Crippen molar-refractivity contribution in [3.05, 3.63) is 37.1 Å². The van der Waals surface area contributed by atoms with Gasteiger partial charge < -0.3 is 0 Å². The van der Waals surface area contributed by atoms with Gasteiger partial charge in [-0.05, 0) is 18.1 Å². The Hall–Kier alpha value is -1.11. The highest BCUT2D eigenvalue weighted by Gasteiger charge is 1.78. The molecule has 1 heteroatoms. The van der Waals surface area contributed by atoms with Gasteiger partial charge in [-0.25, -0.2) is 0 Å². The van der Waals surface area contributed by atoms with Crippen LogP contribution in [-0.2, 0) is 0 Å². The van der Waals surface area contributed by atoms with E-state index in [1.165, 1.54) is 0 Å². The highest BCUT2D eigenvalue weighted by molar-refractivity contribution is 5.71. The van der Waals surface area contributed by atoms with E-state index in [2.05, 4.69) is 31.5 Å². The molecule has 0 spiro atoms. The van der Waals surface area contributed by atoms with Crippen LogP contribution >= 0.6 is 0 Å². The number of rotatable bonds is 4. The molecule has 0 rings (SSSR count). The second kappa shape index (κ2) is 7.00. The molecule has 0 aliphatic heterocycles. The van der Waals surface area contributed by atoms with Gasteiger partial charge in [0.15, 0.2) is 0 Å². The monoisotopic (exact) mass is 149 g/mol. The Morgan fingerprint density at radius 3 is 2.55 bits per heavy atom. The van der Waals surface area contributed by atoms with Gasteiger partial charge in [-0.1, -0.05) is 32.6 Å². The lowest BCUT2D eigenvalue weighted by Gasteiger charge is -1.87. The standard InChI is InChI=1S/C10H15N/c1-4-5-8-11-9-6-7-10(2)3/h4-10H,1H2,2-3H3/b7-6+,8-5-,11-9+. The van der Waals surface area contributed by atoms with Crippen molar-refractivity contribution in [1.29, 1.82) is 0 Å². The summed E-state index contributed by atoms with van der Waals surface area (Å²) >= 11 is 0. The van der Waals surface area contributed by atoms with Gasteiger partial charge in [-0.2, -0.15) is 0 Å². The molecule has 0 aromatic heterocycles. The topological polar surface area (TPSA) is 12.4 Å². The molecule has 0 amide bonds.